The molecule has 1 aromatic carbocycles. The van der Waals surface area contributed by atoms with Crippen LogP contribution in [0, 0.1) is 5.41 Å². The molecule has 5 rings (SSSR count). The Morgan fingerprint density at radius 3 is 2.90 bits per heavy atom. The molecule has 7 nitrogen and oxygen atoms in total. The number of rotatable bonds is 5. The summed E-state index contributed by atoms with van der Waals surface area (Å²) in [5.41, 5.74) is 0.0819. The van der Waals surface area contributed by atoms with Crippen LogP contribution >= 0.6 is 0 Å². The number of amides is 1. The molecule has 2 aliphatic heterocycles. The minimum Gasteiger partial charge on any atom is -0.492 e. The molecule has 1 N–H and O–H groups in total. The maximum Gasteiger partial charge on any atom is 0.316 e. The first-order chi connectivity index (χ1) is 14.4. The Hall–Kier alpha value is -2.71. The van der Waals surface area contributed by atoms with Gasteiger partial charge in [0.1, 0.15) is 18.4 Å². The molecule has 3 aliphatic rings. The number of hydrogen-bond acceptors (Lipinski definition) is 6. The van der Waals surface area contributed by atoms with Crippen molar-refractivity contribution in [2.24, 2.45) is 5.41 Å². The van der Waals surface area contributed by atoms with E-state index in [-0.39, 0.29) is 30.8 Å². The SMILES string of the molecule is CC[C@@H](Nc1nnc([C@H]2COc3ccccc3C2)o1)C(=O)N1CC[C@@]2(C1)CC2(F)F. The van der Waals surface area contributed by atoms with Crippen molar-refractivity contribution in [1.29, 1.82) is 0 Å². The number of likely N-dealkylation sites (tertiary alicyclic amines) is 1. The number of ether oxygens (including phenoxy) is 1. The summed E-state index contributed by atoms with van der Waals surface area (Å²) in [5, 5.41) is 11.2. The van der Waals surface area contributed by atoms with E-state index in [4.69, 9.17) is 9.15 Å². The standard InChI is InChI=1S/C21H24F2N4O3/c1-2-15(18(28)27-8-7-20(12-27)11-21(20,22)23)24-19-26-25-17(30-19)14-9-13-5-3-4-6-16(13)29-10-14/h3-6,14-15H,2,7-12H2,1H3,(H,24,26)/t14-,15-,20+/m1/s1. The maximum absolute atomic E-state index is 13.6. The highest BCUT2D eigenvalue weighted by molar-refractivity contribution is 5.84. The lowest BCUT2D eigenvalue weighted by Crippen LogP contribution is -2.42. The van der Waals surface area contributed by atoms with Gasteiger partial charge in [0.05, 0.1) is 11.3 Å². The number of halogens is 2. The number of hydrogen-bond donors (Lipinski definition) is 1. The van der Waals surface area contributed by atoms with Gasteiger partial charge in [0.25, 0.3) is 5.92 Å². The van der Waals surface area contributed by atoms with Gasteiger partial charge in [0, 0.05) is 19.5 Å². The Balaban J connectivity index is 1.23. The molecule has 1 aliphatic carbocycles. The molecule has 1 spiro atoms. The lowest BCUT2D eigenvalue weighted by Gasteiger charge is -2.23. The fourth-order valence-corrected chi connectivity index (χ4v) is 4.54. The average molecular weight is 418 g/mol. The highest BCUT2D eigenvalue weighted by Crippen LogP contribution is 2.65. The van der Waals surface area contributed by atoms with E-state index in [1.807, 2.05) is 31.2 Å². The Morgan fingerprint density at radius 2 is 2.17 bits per heavy atom. The van der Waals surface area contributed by atoms with Gasteiger partial charge in [-0.05, 0) is 30.9 Å². The fraction of sp³-hybridized carbons (Fsp3) is 0.571. The highest BCUT2D eigenvalue weighted by atomic mass is 19.3. The molecule has 2 fully saturated rings. The Labute approximate surface area is 172 Å². The summed E-state index contributed by atoms with van der Waals surface area (Å²) in [4.78, 5) is 14.4. The van der Waals surface area contributed by atoms with Crippen LogP contribution in [0.3, 0.4) is 0 Å². The summed E-state index contributed by atoms with van der Waals surface area (Å²) in [7, 11) is 0. The normalized spacial score (nSPS) is 27.4. The first kappa shape index (κ1) is 19.3. The molecule has 0 bridgehead atoms. The summed E-state index contributed by atoms with van der Waals surface area (Å²) >= 11 is 0. The lowest BCUT2D eigenvalue weighted by molar-refractivity contribution is -0.131. The molecule has 2 aromatic rings. The van der Waals surface area contributed by atoms with Gasteiger partial charge >= 0.3 is 6.01 Å². The molecule has 1 amide bonds. The maximum atomic E-state index is 13.6. The first-order valence-corrected chi connectivity index (χ1v) is 10.4. The number of carbonyl (C=O) groups is 1. The van der Waals surface area contributed by atoms with Crippen LogP contribution in [0.2, 0.25) is 0 Å². The van der Waals surface area contributed by atoms with E-state index in [1.165, 1.54) is 4.90 Å². The summed E-state index contributed by atoms with van der Waals surface area (Å²) < 4.78 is 38.8. The van der Waals surface area contributed by atoms with E-state index < -0.39 is 17.4 Å². The van der Waals surface area contributed by atoms with Gasteiger partial charge in [-0.2, -0.15) is 0 Å². The van der Waals surface area contributed by atoms with Gasteiger partial charge in [-0.1, -0.05) is 30.2 Å². The van der Waals surface area contributed by atoms with Crippen LogP contribution < -0.4 is 10.1 Å². The van der Waals surface area contributed by atoms with Crippen molar-refractivity contribution in [1.82, 2.24) is 15.1 Å². The van der Waals surface area contributed by atoms with Gasteiger partial charge in [0.15, 0.2) is 0 Å². The van der Waals surface area contributed by atoms with Crippen molar-refractivity contribution >= 4 is 11.9 Å². The van der Waals surface area contributed by atoms with Crippen LogP contribution in [0.1, 0.15) is 43.6 Å². The van der Waals surface area contributed by atoms with Crippen LogP contribution in [-0.2, 0) is 11.2 Å². The van der Waals surface area contributed by atoms with E-state index in [0.29, 0.717) is 31.9 Å². The number of nitrogens with zero attached hydrogens (tertiary/aromatic N) is 3. The van der Waals surface area contributed by atoms with Gasteiger partial charge in [-0.3, -0.25) is 4.79 Å². The predicted molar refractivity (Wildman–Crippen MR) is 104 cm³/mol. The van der Waals surface area contributed by atoms with Crippen molar-refractivity contribution in [3.8, 4) is 5.75 Å². The Kier molecular flexibility index (Phi) is 4.44. The third-order valence-corrected chi connectivity index (χ3v) is 6.55. The van der Waals surface area contributed by atoms with E-state index in [1.54, 1.807) is 0 Å². The number of anilines is 1. The van der Waals surface area contributed by atoms with E-state index in [9.17, 15) is 13.6 Å². The molecular weight excluding hydrogens is 394 g/mol. The fourth-order valence-electron chi connectivity index (χ4n) is 4.54. The van der Waals surface area contributed by atoms with Crippen molar-refractivity contribution < 1.29 is 22.7 Å². The average Bonchev–Trinajstić information content (AvgIpc) is 3.14. The molecule has 9 heteroatoms. The molecule has 160 valence electrons. The van der Waals surface area contributed by atoms with Crippen LogP contribution in [0.25, 0.3) is 0 Å². The van der Waals surface area contributed by atoms with Crippen LogP contribution in [0.15, 0.2) is 28.7 Å². The molecule has 1 saturated carbocycles. The van der Waals surface area contributed by atoms with Gasteiger partial charge < -0.3 is 19.4 Å². The third kappa shape index (κ3) is 3.20. The third-order valence-electron chi connectivity index (χ3n) is 6.55. The van der Waals surface area contributed by atoms with E-state index >= 15 is 0 Å². The number of nitrogens with one attached hydrogen (secondary N) is 1. The van der Waals surface area contributed by atoms with Gasteiger partial charge in [-0.25, -0.2) is 8.78 Å². The molecule has 30 heavy (non-hydrogen) atoms. The summed E-state index contributed by atoms with van der Waals surface area (Å²) in [5.74, 6) is -1.58. The second-order valence-electron chi connectivity index (χ2n) is 8.54. The molecule has 1 saturated heterocycles. The van der Waals surface area contributed by atoms with Crippen LogP contribution in [-0.4, -0.2) is 52.7 Å². The zero-order valence-corrected chi connectivity index (χ0v) is 16.7. The molecule has 0 radical (unpaired) electrons. The number of para-hydroxylation sites is 1. The number of aromatic nitrogens is 2. The topological polar surface area (TPSA) is 80.5 Å². The molecule has 0 unspecified atom stereocenters. The minimum absolute atomic E-state index is 0.0609. The smallest absolute Gasteiger partial charge is 0.316 e. The van der Waals surface area contributed by atoms with Crippen molar-refractivity contribution in [3.63, 3.8) is 0 Å². The van der Waals surface area contributed by atoms with E-state index in [0.717, 1.165) is 17.7 Å². The number of fused-ring (bicyclic) bond motifs is 1. The number of alkyl halides is 2. The predicted octanol–water partition coefficient (Wildman–Crippen LogP) is 3.24. The zero-order valence-electron chi connectivity index (χ0n) is 16.7. The van der Waals surface area contributed by atoms with Crippen molar-refractivity contribution in [2.45, 2.75) is 50.5 Å². The first-order valence-electron chi connectivity index (χ1n) is 10.4. The number of benzene rings is 1. The van der Waals surface area contributed by atoms with Crippen LogP contribution in [0.5, 0.6) is 5.75 Å². The summed E-state index contributed by atoms with van der Waals surface area (Å²) in [6, 6.07) is 7.41. The second-order valence-corrected chi connectivity index (χ2v) is 8.54. The molecule has 3 atom stereocenters. The van der Waals surface area contributed by atoms with Gasteiger partial charge in [0.2, 0.25) is 11.8 Å². The Bertz CT molecular complexity index is 965. The van der Waals surface area contributed by atoms with Crippen molar-refractivity contribution in [3.05, 3.63) is 35.7 Å². The Morgan fingerprint density at radius 1 is 1.37 bits per heavy atom. The van der Waals surface area contributed by atoms with Crippen LogP contribution in [0.4, 0.5) is 14.8 Å². The zero-order chi connectivity index (χ0) is 20.9. The molecule has 3 heterocycles. The van der Waals surface area contributed by atoms with Gasteiger partial charge in [-0.15, -0.1) is 5.10 Å². The van der Waals surface area contributed by atoms with Crippen molar-refractivity contribution in [2.75, 3.05) is 25.0 Å². The molecule has 1 aromatic heterocycles. The summed E-state index contributed by atoms with van der Waals surface area (Å²) in [6.07, 6.45) is 1.46. The monoisotopic (exact) mass is 418 g/mol. The quantitative estimate of drug-likeness (QED) is 0.803. The minimum atomic E-state index is -2.64. The molecular formula is C21H24F2N4O3. The summed E-state index contributed by atoms with van der Waals surface area (Å²) in [6.45, 7) is 2.78. The highest BCUT2D eigenvalue weighted by Gasteiger charge is 2.73. The number of carbonyl (C=O) groups excluding carboxylic acids is 1. The lowest BCUT2D eigenvalue weighted by atomic mass is 9.97. The second kappa shape index (κ2) is 6.92. The van der Waals surface area contributed by atoms with E-state index in [2.05, 4.69) is 15.5 Å². The largest absolute Gasteiger partial charge is 0.492 e.